The molecule has 1 aliphatic heterocycles. The standard InChI is InChI=1S/C14H21ClN2/c1-10-4-3-5-17(11(10)2)9-12-6-13(15)8-14(16)7-12/h6-8,10-11H,3-5,9,16H2,1-2H3. The lowest BCUT2D eigenvalue weighted by atomic mass is 9.92. The molecule has 1 aromatic carbocycles. The van der Waals surface area contributed by atoms with Crippen molar-refractivity contribution in [1.82, 2.24) is 4.90 Å². The van der Waals surface area contributed by atoms with Gasteiger partial charge in [0.25, 0.3) is 0 Å². The van der Waals surface area contributed by atoms with Crippen LogP contribution in [0, 0.1) is 5.92 Å². The summed E-state index contributed by atoms with van der Waals surface area (Å²) >= 11 is 6.03. The zero-order valence-electron chi connectivity index (χ0n) is 10.6. The van der Waals surface area contributed by atoms with Crippen molar-refractivity contribution in [3.05, 3.63) is 28.8 Å². The highest BCUT2D eigenvalue weighted by molar-refractivity contribution is 6.30. The molecule has 2 unspecified atom stereocenters. The highest BCUT2D eigenvalue weighted by Crippen LogP contribution is 2.25. The Hall–Kier alpha value is -0.730. The largest absolute Gasteiger partial charge is 0.399 e. The minimum Gasteiger partial charge on any atom is -0.399 e. The molecular formula is C14H21ClN2. The van der Waals surface area contributed by atoms with Gasteiger partial charge in [-0.05, 0) is 56.0 Å². The Balaban J connectivity index is 2.09. The topological polar surface area (TPSA) is 29.3 Å². The molecule has 94 valence electrons. The fourth-order valence-corrected chi connectivity index (χ4v) is 2.91. The van der Waals surface area contributed by atoms with Gasteiger partial charge in [-0.25, -0.2) is 0 Å². The molecule has 0 aromatic heterocycles. The zero-order valence-corrected chi connectivity index (χ0v) is 11.4. The minimum atomic E-state index is 0.643. The van der Waals surface area contributed by atoms with Crippen LogP contribution in [0.2, 0.25) is 5.02 Å². The van der Waals surface area contributed by atoms with E-state index < -0.39 is 0 Å². The summed E-state index contributed by atoms with van der Waals surface area (Å²) in [5.74, 6) is 0.778. The van der Waals surface area contributed by atoms with Crippen LogP contribution in [0.5, 0.6) is 0 Å². The van der Waals surface area contributed by atoms with Crippen molar-refractivity contribution in [2.45, 2.75) is 39.3 Å². The molecule has 0 spiro atoms. The lowest BCUT2D eigenvalue weighted by Gasteiger charge is -2.38. The van der Waals surface area contributed by atoms with E-state index in [2.05, 4.69) is 18.7 Å². The Morgan fingerprint density at radius 1 is 1.35 bits per heavy atom. The number of likely N-dealkylation sites (tertiary alicyclic amines) is 1. The number of piperidine rings is 1. The van der Waals surface area contributed by atoms with Gasteiger partial charge in [0.15, 0.2) is 0 Å². The molecule has 1 heterocycles. The summed E-state index contributed by atoms with van der Waals surface area (Å²) in [6.45, 7) is 6.79. The highest BCUT2D eigenvalue weighted by Gasteiger charge is 2.24. The van der Waals surface area contributed by atoms with E-state index in [4.69, 9.17) is 17.3 Å². The van der Waals surface area contributed by atoms with Crippen LogP contribution in [0.4, 0.5) is 5.69 Å². The molecule has 0 saturated carbocycles. The first-order valence-corrected chi connectivity index (χ1v) is 6.73. The van der Waals surface area contributed by atoms with Gasteiger partial charge < -0.3 is 5.73 Å². The molecule has 1 aromatic rings. The van der Waals surface area contributed by atoms with Gasteiger partial charge in [-0.3, -0.25) is 4.90 Å². The first-order valence-electron chi connectivity index (χ1n) is 6.35. The van der Waals surface area contributed by atoms with Gasteiger partial charge in [0, 0.05) is 23.3 Å². The van der Waals surface area contributed by atoms with Crippen LogP contribution in [0.3, 0.4) is 0 Å². The van der Waals surface area contributed by atoms with Gasteiger partial charge in [-0.15, -0.1) is 0 Å². The predicted molar refractivity (Wildman–Crippen MR) is 74.1 cm³/mol. The van der Waals surface area contributed by atoms with Crippen molar-refractivity contribution in [2.75, 3.05) is 12.3 Å². The monoisotopic (exact) mass is 252 g/mol. The molecule has 1 aliphatic rings. The molecular weight excluding hydrogens is 232 g/mol. The normalized spacial score (nSPS) is 26.1. The number of nitrogens with two attached hydrogens (primary N) is 1. The van der Waals surface area contributed by atoms with E-state index in [1.54, 1.807) is 6.07 Å². The first kappa shape index (κ1) is 12.7. The minimum absolute atomic E-state index is 0.643. The third kappa shape index (κ3) is 3.14. The molecule has 3 heteroatoms. The average molecular weight is 253 g/mol. The Labute approximate surface area is 109 Å². The summed E-state index contributed by atoms with van der Waals surface area (Å²) in [4.78, 5) is 2.53. The summed E-state index contributed by atoms with van der Waals surface area (Å²) in [5, 5.41) is 0.734. The second-order valence-corrected chi connectivity index (χ2v) is 5.66. The zero-order chi connectivity index (χ0) is 12.4. The molecule has 17 heavy (non-hydrogen) atoms. The number of nitrogens with zero attached hydrogens (tertiary/aromatic N) is 1. The Morgan fingerprint density at radius 2 is 2.12 bits per heavy atom. The van der Waals surface area contributed by atoms with Crippen LogP contribution < -0.4 is 5.73 Å². The smallest absolute Gasteiger partial charge is 0.0429 e. The Morgan fingerprint density at radius 3 is 2.82 bits per heavy atom. The first-order chi connectivity index (χ1) is 8.06. The van der Waals surface area contributed by atoms with Crippen molar-refractivity contribution in [2.24, 2.45) is 5.92 Å². The molecule has 1 saturated heterocycles. The fraction of sp³-hybridized carbons (Fsp3) is 0.571. The van der Waals surface area contributed by atoms with E-state index in [9.17, 15) is 0 Å². The quantitative estimate of drug-likeness (QED) is 0.816. The van der Waals surface area contributed by atoms with Gasteiger partial charge in [0.05, 0.1) is 0 Å². The van der Waals surface area contributed by atoms with E-state index in [1.165, 1.54) is 24.9 Å². The number of halogens is 1. The number of benzene rings is 1. The summed E-state index contributed by atoms with van der Waals surface area (Å²) in [5.41, 5.74) is 7.80. The van der Waals surface area contributed by atoms with Crippen LogP contribution in [-0.4, -0.2) is 17.5 Å². The molecule has 0 aliphatic carbocycles. The van der Waals surface area contributed by atoms with Gasteiger partial charge in [0.2, 0.25) is 0 Å². The average Bonchev–Trinajstić information content (AvgIpc) is 2.23. The second-order valence-electron chi connectivity index (χ2n) is 5.22. The molecule has 2 nitrogen and oxygen atoms in total. The van der Waals surface area contributed by atoms with Gasteiger partial charge in [-0.1, -0.05) is 18.5 Å². The van der Waals surface area contributed by atoms with E-state index in [-0.39, 0.29) is 0 Å². The Bertz CT molecular complexity index is 372. The van der Waals surface area contributed by atoms with Gasteiger partial charge in [0.1, 0.15) is 0 Å². The third-order valence-corrected chi connectivity index (χ3v) is 4.09. The van der Waals surface area contributed by atoms with Crippen LogP contribution in [0.25, 0.3) is 0 Å². The maximum atomic E-state index is 6.03. The van der Waals surface area contributed by atoms with Crippen molar-refractivity contribution >= 4 is 17.3 Å². The molecule has 1 fully saturated rings. The molecule has 0 amide bonds. The molecule has 2 rings (SSSR count). The Kier molecular flexibility index (Phi) is 3.95. The van der Waals surface area contributed by atoms with E-state index in [1.807, 2.05) is 12.1 Å². The van der Waals surface area contributed by atoms with E-state index in [0.29, 0.717) is 6.04 Å². The molecule has 0 bridgehead atoms. The van der Waals surface area contributed by atoms with Crippen LogP contribution in [0.1, 0.15) is 32.3 Å². The fourth-order valence-electron chi connectivity index (χ4n) is 2.65. The second kappa shape index (κ2) is 5.28. The third-order valence-electron chi connectivity index (χ3n) is 3.87. The van der Waals surface area contributed by atoms with Crippen LogP contribution >= 0.6 is 11.6 Å². The van der Waals surface area contributed by atoms with Crippen molar-refractivity contribution in [1.29, 1.82) is 0 Å². The number of hydrogen-bond donors (Lipinski definition) is 1. The van der Waals surface area contributed by atoms with Crippen LogP contribution in [0.15, 0.2) is 18.2 Å². The lowest BCUT2D eigenvalue weighted by molar-refractivity contribution is 0.106. The summed E-state index contributed by atoms with van der Waals surface area (Å²) < 4.78 is 0. The number of hydrogen-bond acceptors (Lipinski definition) is 2. The van der Waals surface area contributed by atoms with E-state index in [0.717, 1.165) is 23.2 Å². The highest BCUT2D eigenvalue weighted by atomic mass is 35.5. The number of rotatable bonds is 2. The molecule has 2 atom stereocenters. The van der Waals surface area contributed by atoms with E-state index >= 15 is 0 Å². The van der Waals surface area contributed by atoms with Gasteiger partial charge >= 0.3 is 0 Å². The van der Waals surface area contributed by atoms with Crippen molar-refractivity contribution in [3.63, 3.8) is 0 Å². The van der Waals surface area contributed by atoms with Crippen LogP contribution in [-0.2, 0) is 6.54 Å². The van der Waals surface area contributed by atoms with Gasteiger partial charge in [-0.2, -0.15) is 0 Å². The predicted octanol–water partition coefficient (Wildman–Crippen LogP) is 3.54. The maximum absolute atomic E-state index is 6.03. The van der Waals surface area contributed by atoms with Crippen molar-refractivity contribution < 1.29 is 0 Å². The molecule has 0 radical (unpaired) electrons. The molecule has 2 N–H and O–H groups in total. The lowest BCUT2D eigenvalue weighted by Crippen LogP contribution is -2.41. The summed E-state index contributed by atoms with van der Waals surface area (Å²) in [6.07, 6.45) is 2.64. The number of anilines is 1. The summed E-state index contributed by atoms with van der Waals surface area (Å²) in [7, 11) is 0. The van der Waals surface area contributed by atoms with Crippen molar-refractivity contribution in [3.8, 4) is 0 Å². The number of nitrogen functional groups attached to an aromatic ring is 1. The maximum Gasteiger partial charge on any atom is 0.0429 e. The SMILES string of the molecule is CC1CCCN(Cc2cc(N)cc(Cl)c2)C1C. The summed E-state index contributed by atoms with van der Waals surface area (Å²) in [6, 6.07) is 6.48.